The van der Waals surface area contributed by atoms with Gasteiger partial charge in [0.2, 0.25) is 0 Å². The summed E-state index contributed by atoms with van der Waals surface area (Å²) in [7, 11) is 0. The maximum atomic E-state index is 11.2. The fourth-order valence-electron chi connectivity index (χ4n) is 2.53. The van der Waals surface area contributed by atoms with Gasteiger partial charge < -0.3 is 10.4 Å². The lowest BCUT2D eigenvalue weighted by Gasteiger charge is -2.29. The molecule has 0 amide bonds. The van der Waals surface area contributed by atoms with Gasteiger partial charge in [-0.1, -0.05) is 18.0 Å². The first-order valence-electron chi connectivity index (χ1n) is 6.42. The Hall–Kier alpha value is -0.870. The van der Waals surface area contributed by atoms with Crippen molar-refractivity contribution in [2.45, 2.75) is 37.0 Å². The summed E-state index contributed by atoms with van der Waals surface area (Å²) >= 11 is 7.85. The number of rotatable bonds is 4. The van der Waals surface area contributed by atoms with Crippen molar-refractivity contribution in [1.29, 1.82) is 0 Å². The average Bonchev–Trinajstić information content (AvgIpc) is 2.38. The molecule has 1 saturated carbocycles. The third-order valence-corrected chi connectivity index (χ3v) is 4.86. The van der Waals surface area contributed by atoms with Crippen LogP contribution in [0.1, 0.15) is 36.0 Å². The predicted octanol–water partition coefficient (Wildman–Crippen LogP) is 4.12. The van der Waals surface area contributed by atoms with Crippen LogP contribution in [0.4, 0.5) is 5.69 Å². The van der Waals surface area contributed by atoms with Gasteiger partial charge in [0.15, 0.2) is 0 Å². The molecule has 2 N–H and O–H groups in total. The fraction of sp³-hybridized carbons (Fsp3) is 0.500. The van der Waals surface area contributed by atoms with Crippen molar-refractivity contribution in [2.24, 2.45) is 0 Å². The Balaban J connectivity index is 2.13. The van der Waals surface area contributed by atoms with E-state index in [2.05, 4.69) is 11.6 Å². The number of carboxylic acids is 1. The zero-order valence-corrected chi connectivity index (χ0v) is 12.4. The zero-order valence-electron chi connectivity index (χ0n) is 10.9. The van der Waals surface area contributed by atoms with E-state index < -0.39 is 5.97 Å². The quantitative estimate of drug-likeness (QED) is 0.878. The summed E-state index contributed by atoms with van der Waals surface area (Å²) in [6.45, 7) is 0. The van der Waals surface area contributed by atoms with Crippen LogP contribution in [0.15, 0.2) is 18.2 Å². The van der Waals surface area contributed by atoms with Crippen LogP contribution in [0.2, 0.25) is 5.02 Å². The standard InChI is InChI=1S/C14H18ClNO2S/c1-19-11-4-2-3-10(8-11)16-13-7-9(15)5-6-12(13)14(17)18/h5-7,10-11,16H,2-4,8H2,1H3,(H,17,18). The molecule has 0 bridgehead atoms. The minimum atomic E-state index is -0.920. The Kier molecular flexibility index (Phi) is 4.99. The van der Waals surface area contributed by atoms with Gasteiger partial charge in [-0.15, -0.1) is 0 Å². The topological polar surface area (TPSA) is 49.3 Å². The summed E-state index contributed by atoms with van der Waals surface area (Å²) < 4.78 is 0. The molecule has 2 rings (SSSR count). The van der Waals surface area contributed by atoms with Crippen LogP contribution in [-0.4, -0.2) is 28.6 Å². The van der Waals surface area contributed by atoms with Crippen molar-refractivity contribution in [3.05, 3.63) is 28.8 Å². The number of hydrogen-bond donors (Lipinski definition) is 2. The minimum absolute atomic E-state index is 0.288. The van der Waals surface area contributed by atoms with Crippen molar-refractivity contribution in [2.75, 3.05) is 11.6 Å². The highest BCUT2D eigenvalue weighted by Gasteiger charge is 2.22. The van der Waals surface area contributed by atoms with Crippen LogP contribution in [0.3, 0.4) is 0 Å². The zero-order chi connectivity index (χ0) is 13.8. The summed E-state index contributed by atoms with van der Waals surface area (Å²) in [5, 5.41) is 13.8. The van der Waals surface area contributed by atoms with Crippen molar-refractivity contribution in [3.63, 3.8) is 0 Å². The number of halogens is 1. The lowest BCUT2D eigenvalue weighted by molar-refractivity contribution is 0.0698. The van der Waals surface area contributed by atoms with E-state index >= 15 is 0 Å². The van der Waals surface area contributed by atoms with Crippen LogP contribution in [0.25, 0.3) is 0 Å². The first kappa shape index (κ1) is 14.5. The molecule has 5 heteroatoms. The molecule has 104 valence electrons. The maximum Gasteiger partial charge on any atom is 0.337 e. The Morgan fingerprint density at radius 3 is 2.95 bits per heavy atom. The Morgan fingerprint density at radius 2 is 2.26 bits per heavy atom. The summed E-state index contributed by atoms with van der Waals surface area (Å²) in [6.07, 6.45) is 6.73. The van der Waals surface area contributed by atoms with E-state index in [1.54, 1.807) is 18.2 Å². The number of aromatic carboxylic acids is 1. The van der Waals surface area contributed by atoms with E-state index in [1.807, 2.05) is 11.8 Å². The van der Waals surface area contributed by atoms with E-state index in [4.69, 9.17) is 11.6 Å². The number of carbonyl (C=O) groups is 1. The smallest absolute Gasteiger partial charge is 0.337 e. The van der Waals surface area contributed by atoms with Crippen LogP contribution in [0, 0.1) is 0 Å². The summed E-state index contributed by atoms with van der Waals surface area (Å²) in [5.74, 6) is -0.920. The monoisotopic (exact) mass is 299 g/mol. The third-order valence-electron chi connectivity index (χ3n) is 3.53. The van der Waals surface area contributed by atoms with Gasteiger partial charge in [0.05, 0.1) is 11.3 Å². The average molecular weight is 300 g/mol. The van der Waals surface area contributed by atoms with E-state index in [0.717, 1.165) is 12.8 Å². The molecule has 19 heavy (non-hydrogen) atoms. The molecular weight excluding hydrogens is 282 g/mol. The molecule has 3 nitrogen and oxygen atoms in total. The molecule has 0 spiro atoms. The molecular formula is C14H18ClNO2S. The Labute approximate surface area is 122 Å². The molecule has 0 radical (unpaired) electrons. The second kappa shape index (κ2) is 6.53. The van der Waals surface area contributed by atoms with Crippen molar-refractivity contribution >= 4 is 35.0 Å². The van der Waals surface area contributed by atoms with E-state index in [-0.39, 0.29) is 5.56 Å². The van der Waals surface area contributed by atoms with Crippen LogP contribution in [-0.2, 0) is 0 Å². The summed E-state index contributed by atoms with van der Waals surface area (Å²) in [5.41, 5.74) is 0.919. The largest absolute Gasteiger partial charge is 0.478 e. The van der Waals surface area contributed by atoms with E-state index in [1.165, 1.54) is 12.8 Å². The van der Waals surface area contributed by atoms with Gasteiger partial charge in [-0.3, -0.25) is 0 Å². The first-order chi connectivity index (χ1) is 9.10. The Bertz CT molecular complexity index is 467. The predicted molar refractivity (Wildman–Crippen MR) is 81.6 cm³/mol. The molecule has 1 aromatic carbocycles. The number of nitrogens with one attached hydrogen (secondary N) is 1. The van der Waals surface area contributed by atoms with Gasteiger partial charge in [0.25, 0.3) is 0 Å². The highest BCUT2D eigenvalue weighted by molar-refractivity contribution is 7.99. The number of hydrogen-bond acceptors (Lipinski definition) is 3. The van der Waals surface area contributed by atoms with Crippen molar-refractivity contribution in [1.82, 2.24) is 0 Å². The fourth-order valence-corrected chi connectivity index (χ4v) is 3.53. The van der Waals surface area contributed by atoms with Crippen LogP contribution >= 0.6 is 23.4 Å². The van der Waals surface area contributed by atoms with Crippen LogP contribution < -0.4 is 5.32 Å². The van der Waals surface area contributed by atoms with Gasteiger partial charge in [0, 0.05) is 16.3 Å². The Morgan fingerprint density at radius 1 is 1.47 bits per heavy atom. The summed E-state index contributed by atoms with van der Waals surface area (Å²) in [6, 6.07) is 5.21. The molecule has 2 atom stereocenters. The van der Waals surface area contributed by atoms with Gasteiger partial charge in [-0.25, -0.2) is 4.79 Å². The SMILES string of the molecule is CSC1CCCC(Nc2cc(Cl)ccc2C(=O)O)C1. The van der Waals surface area contributed by atoms with E-state index in [9.17, 15) is 9.90 Å². The van der Waals surface area contributed by atoms with Crippen LogP contribution in [0.5, 0.6) is 0 Å². The number of benzene rings is 1. The van der Waals surface area contributed by atoms with Crippen molar-refractivity contribution < 1.29 is 9.90 Å². The molecule has 0 aromatic heterocycles. The number of anilines is 1. The molecule has 1 aliphatic carbocycles. The van der Waals surface area contributed by atoms with Crippen molar-refractivity contribution in [3.8, 4) is 0 Å². The molecule has 0 saturated heterocycles. The number of thioether (sulfide) groups is 1. The molecule has 0 heterocycles. The molecule has 2 unspecified atom stereocenters. The number of carboxylic acid groups (broad SMARTS) is 1. The molecule has 0 aliphatic heterocycles. The second-order valence-corrected chi connectivity index (χ2v) is 6.44. The lowest BCUT2D eigenvalue weighted by atomic mass is 9.94. The maximum absolute atomic E-state index is 11.2. The minimum Gasteiger partial charge on any atom is -0.478 e. The van der Waals surface area contributed by atoms with Gasteiger partial charge >= 0.3 is 5.97 Å². The third kappa shape index (κ3) is 3.80. The highest BCUT2D eigenvalue weighted by Crippen LogP contribution is 2.30. The highest BCUT2D eigenvalue weighted by atomic mass is 35.5. The lowest BCUT2D eigenvalue weighted by Crippen LogP contribution is -2.29. The van der Waals surface area contributed by atoms with Gasteiger partial charge in [0.1, 0.15) is 0 Å². The molecule has 1 aliphatic rings. The first-order valence-corrected chi connectivity index (χ1v) is 8.09. The van der Waals surface area contributed by atoms with E-state index in [0.29, 0.717) is 22.0 Å². The molecule has 1 fully saturated rings. The summed E-state index contributed by atoms with van der Waals surface area (Å²) in [4.78, 5) is 11.2. The van der Waals surface area contributed by atoms with Gasteiger partial charge in [-0.05, 0) is 43.7 Å². The van der Waals surface area contributed by atoms with Gasteiger partial charge in [-0.2, -0.15) is 11.8 Å². The normalized spacial score (nSPS) is 23.1. The second-order valence-electron chi connectivity index (χ2n) is 4.86. The molecule has 1 aromatic rings.